The zero-order valence-electron chi connectivity index (χ0n) is 14.3. The van der Waals surface area contributed by atoms with Gasteiger partial charge in [-0.05, 0) is 43.5 Å². The molecule has 0 N–H and O–H groups in total. The Morgan fingerprint density at radius 1 is 1.23 bits per heavy atom. The summed E-state index contributed by atoms with van der Waals surface area (Å²) in [7, 11) is 1.62. The Morgan fingerprint density at radius 3 is 2.45 bits per heavy atom. The minimum absolute atomic E-state index is 0.0177. The predicted octanol–water partition coefficient (Wildman–Crippen LogP) is 3.61. The van der Waals surface area contributed by atoms with Crippen LogP contribution in [0.15, 0.2) is 24.3 Å². The molecule has 0 saturated heterocycles. The molecule has 1 aromatic rings. The number of hydrogen-bond donors (Lipinski definition) is 0. The van der Waals surface area contributed by atoms with E-state index in [9.17, 15) is 4.79 Å². The lowest BCUT2D eigenvalue weighted by atomic mass is 10.2. The summed E-state index contributed by atoms with van der Waals surface area (Å²) < 4.78 is 11.1. The van der Waals surface area contributed by atoms with Gasteiger partial charge < -0.3 is 14.4 Å². The molecular formula is C18H27NO3. The van der Waals surface area contributed by atoms with Gasteiger partial charge in [0.05, 0.1) is 13.7 Å². The predicted molar refractivity (Wildman–Crippen MR) is 90.3 cm³/mol. The molecule has 0 aromatic heterocycles. The second-order valence-corrected chi connectivity index (χ2v) is 5.46. The highest BCUT2D eigenvalue weighted by atomic mass is 16.5. The Labute approximate surface area is 133 Å². The molecule has 1 rings (SSSR count). The molecule has 0 bridgehead atoms. The Morgan fingerprint density at radius 2 is 1.91 bits per heavy atom. The quantitative estimate of drug-likeness (QED) is 0.689. The maximum Gasteiger partial charge on any atom is 0.246 e. The summed E-state index contributed by atoms with van der Waals surface area (Å²) in [5.41, 5.74) is 0.911. The van der Waals surface area contributed by atoms with Crippen molar-refractivity contribution in [1.82, 2.24) is 4.90 Å². The summed E-state index contributed by atoms with van der Waals surface area (Å²) >= 11 is 0. The van der Waals surface area contributed by atoms with Gasteiger partial charge in [0.15, 0.2) is 11.5 Å². The summed E-state index contributed by atoms with van der Waals surface area (Å²) in [5, 5.41) is 0. The monoisotopic (exact) mass is 305 g/mol. The van der Waals surface area contributed by atoms with Gasteiger partial charge in [0, 0.05) is 19.2 Å². The SMILES string of the molecule is CCN(CC)C(=O)C=Cc1ccc(OCC(C)C)c(OC)c1. The molecule has 0 fully saturated rings. The van der Waals surface area contributed by atoms with E-state index in [0.29, 0.717) is 31.4 Å². The van der Waals surface area contributed by atoms with Crippen molar-refractivity contribution in [2.45, 2.75) is 27.7 Å². The summed E-state index contributed by atoms with van der Waals surface area (Å²) in [5.74, 6) is 1.88. The van der Waals surface area contributed by atoms with Gasteiger partial charge >= 0.3 is 0 Å². The number of carbonyl (C=O) groups is 1. The van der Waals surface area contributed by atoms with Crippen LogP contribution in [-0.2, 0) is 4.79 Å². The zero-order chi connectivity index (χ0) is 16.5. The number of carbonyl (C=O) groups excluding carboxylic acids is 1. The van der Waals surface area contributed by atoms with Crippen molar-refractivity contribution in [1.29, 1.82) is 0 Å². The van der Waals surface area contributed by atoms with Gasteiger partial charge in [-0.1, -0.05) is 19.9 Å². The first kappa shape index (κ1) is 18.1. The van der Waals surface area contributed by atoms with Crippen LogP contribution in [0, 0.1) is 5.92 Å². The molecule has 122 valence electrons. The average Bonchev–Trinajstić information content (AvgIpc) is 2.52. The molecule has 0 heterocycles. The maximum atomic E-state index is 12.0. The third kappa shape index (κ3) is 5.43. The van der Waals surface area contributed by atoms with E-state index in [1.807, 2.05) is 32.0 Å². The van der Waals surface area contributed by atoms with E-state index in [0.717, 1.165) is 11.3 Å². The fourth-order valence-corrected chi connectivity index (χ4v) is 1.97. The number of ether oxygens (including phenoxy) is 2. The Bertz CT molecular complexity index is 505. The van der Waals surface area contributed by atoms with Gasteiger partial charge in [-0.2, -0.15) is 0 Å². The van der Waals surface area contributed by atoms with Crippen LogP contribution >= 0.6 is 0 Å². The number of methoxy groups -OCH3 is 1. The number of likely N-dealkylation sites (N-methyl/N-ethyl adjacent to an activating group) is 1. The smallest absolute Gasteiger partial charge is 0.246 e. The average molecular weight is 305 g/mol. The van der Waals surface area contributed by atoms with E-state index in [-0.39, 0.29) is 5.91 Å². The van der Waals surface area contributed by atoms with E-state index >= 15 is 0 Å². The molecule has 0 saturated carbocycles. The topological polar surface area (TPSA) is 38.8 Å². The minimum atomic E-state index is 0.0177. The summed E-state index contributed by atoms with van der Waals surface area (Å²) in [6, 6.07) is 5.68. The largest absolute Gasteiger partial charge is 0.493 e. The summed E-state index contributed by atoms with van der Waals surface area (Å²) in [6.45, 7) is 10.2. The van der Waals surface area contributed by atoms with Crippen molar-refractivity contribution >= 4 is 12.0 Å². The third-order valence-corrected chi connectivity index (χ3v) is 3.25. The van der Waals surface area contributed by atoms with Crippen molar-refractivity contribution < 1.29 is 14.3 Å². The Hall–Kier alpha value is -1.97. The lowest BCUT2D eigenvalue weighted by molar-refractivity contribution is -0.125. The molecule has 0 spiro atoms. The molecule has 0 aliphatic carbocycles. The van der Waals surface area contributed by atoms with Gasteiger partial charge in [-0.25, -0.2) is 0 Å². The molecule has 22 heavy (non-hydrogen) atoms. The van der Waals surface area contributed by atoms with Crippen molar-refractivity contribution in [3.05, 3.63) is 29.8 Å². The fraction of sp³-hybridized carbons (Fsp3) is 0.500. The maximum absolute atomic E-state index is 12.0. The van der Waals surface area contributed by atoms with Crippen LogP contribution < -0.4 is 9.47 Å². The number of nitrogens with zero attached hydrogens (tertiary/aromatic N) is 1. The van der Waals surface area contributed by atoms with Gasteiger partial charge in [-0.3, -0.25) is 4.79 Å². The van der Waals surface area contributed by atoms with E-state index in [1.54, 1.807) is 24.2 Å². The van der Waals surface area contributed by atoms with Gasteiger partial charge in [0.1, 0.15) is 0 Å². The first-order chi connectivity index (χ1) is 10.5. The van der Waals surface area contributed by atoms with Crippen molar-refractivity contribution in [3.63, 3.8) is 0 Å². The van der Waals surface area contributed by atoms with Crippen LogP contribution in [0.25, 0.3) is 6.08 Å². The molecule has 4 nitrogen and oxygen atoms in total. The lowest BCUT2D eigenvalue weighted by Crippen LogP contribution is -2.28. The molecular weight excluding hydrogens is 278 g/mol. The van der Waals surface area contributed by atoms with Crippen LogP contribution in [0.5, 0.6) is 11.5 Å². The minimum Gasteiger partial charge on any atom is -0.493 e. The first-order valence-corrected chi connectivity index (χ1v) is 7.79. The van der Waals surface area contributed by atoms with Crippen LogP contribution in [-0.4, -0.2) is 37.6 Å². The normalized spacial score (nSPS) is 11.0. The highest BCUT2D eigenvalue weighted by molar-refractivity contribution is 5.91. The number of amides is 1. The van der Waals surface area contributed by atoms with Gasteiger partial charge in [0.25, 0.3) is 0 Å². The fourth-order valence-electron chi connectivity index (χ4n) is 1.97. The Kier molecular flexibility index (Phi) is 7.50. The molecule has 1 amide bonds. The summed E-state index contributed by atoms with van der Waals surface area (Å²) in [4.78, 5) is 13.7. The highest BCUT2D eigenvalue weighted by Gasteiger charge is 2.07. The van der Waals surface area contributed by atoms with Crippen LogP contribution in [0.1, 0.15) is 33.3 Å². The summed E-state index contributed by atoms with van der Waals surface area (Å²) in [6.07, 6.45) is 3.39. The third-order valence-electron chi connectivity index (χ3n) is 3.25. The lowest BCUT2D eigenvalue weighted by Gasteiger charge is -2.16. The molecule has 4 heteroatoms. The highest BCUT2D eigenvalue weighted by Crippen LogP contribution is 2.29. The van der Waals surface area contributed by atoms with Crippen molar-refractivity contribution in [2.75, 3.05) is 26.8 Å². The molecule has 0 radical (unpaired) electrons. The zero-order valence-corrected chi connectivity index (χ0v) is 14.3. The second kappa shape index (κ2) is 9.13. The van der Waals surface area contributed by atoms with Crippen molar-refractivity contribution in [3.8, 4) is 11.5 Å². The molecule has 0 unspecified atom stereocenters. The Balaban J connectivity index is 2.82. The number of rotatable bonds is 8. The van der Waals surface area contributed by atoms with Crippen LogP contribution in [0.4, 0.5) is 0 Å². The standard InChI is InChI=1S/C18H27NO3/c1-6-19(7-2)18(20)11-9-15-8-10-16(17(12-15)21-5)22-13-14(3)4/h8-12,14H,6-7,13H2,1-5H3. The van der Waals surface area contributed by atoms with Gasteiger partial charge in [-0.15, -0.1) is 0 Å². The van der Waals surface area contributed by atoms with Gasteiger partial charge in [0.2, 0.25) is 5.91 Å². The van der Waals surface area contributed by atoms with E-state index in [1.165, 1.54) is 0 Å². The van der Waals surface area contributed by atoms with Crippen LogP contribution in [0.3, 0.4) is 0 Å². The van der Waals surface area contributed by atoms with E-state index < -0.39 is 0 Å². The molecule has 1 aromatic carbocycles. The van der Waals surface area contributed by atoms with Crippen molar-refractivity contribution in [2.24, 2.45) is 5.92 Å². The first-order valence-electron chi connectivity index (χ1n) is 7.79. The molecule has 0 aliphatic rings. The number of hydrogen-bond acceptors (Lipinski definition) is 3. The second-order valence-electron chi connectivity index (χ2n) is 5.46. The van der Waals surface area contributed by atoms with E-state index in [4.69, 9.17) is 9.47 Å². The molecule has 0 aliphatic heterocycles. The van der Waals surface area contributed by atoms with Crippen LogP contribution in [0.2, 0.25) is 0 Å². The molecule has 0 atom stereocenters. The number of benzene rings is 1. The van der Waals surface area contributed by atoms with E-state index in [2.05, 4.69) is 13.8 Å².